The molecule has 3 heterocycles. The van der Waals surface area contributed by atoms with Crippen LogP contribution in [-0.2, 0) is 18.3 Å². The molecule has 0 unspecified atom stereocenters. The van der Waals surface area contributed by atoms with Crippen LogP contribution in [0.4, 0.5) is 11.5 Å². The number of aromatic nitrogens is 5. The van der Waals surface area contributed by atoms with E-state index in [9.17, 15) is 4.79 Å². The van der Waals surface area contributed by atoms with Gasteiger partial charge >= 0.3 is 6.01 Å². The largest absolute Gasteiger partial charge is 0.424 e. The topological polar surface area (TPSA) is 121 Å². The highest BCUT2D eigenvalue weighted by Crippen LogP contribution is 2.43. The quantitative estimate of drug-likeness (QED) is 0.259. The van der Waals surface area contributed by atoms with Crippen LogP contribution in [0.25, 0.3) is 33.4 Å². The van der Waals surface area contributed by atoms with E-state index in [1.165, 1.54) is 6.33 Å². The number of amides is 1. The molecule has 39 heavy (non-hydrogen) atoms. The predicted octanol–water partition coefficient (Wildman–Crippen LogP) is 5.85. The molecule has 9 heteroatoms. The Morgan fingerprint density at radius 1 is 1.10 bits per heavy atom. The average Bonchev–Trinajstić information content (AvgIpc) is 3.22. The van der Waals surface area contributed by atoms with Crippen LogP contribution in [0.15, 0.2) is 73.2 Å². The summed E-state index contributed by atoms with van der Waals surface area (Å²) in [5.41, 5.74) is 14.0. The van der Waals surface area contributed by atoms with Gasteiger partial charge in [-0.1, -0.05) is 31.7 Å². The standard InChI is InChI=1S/C30H29N7O2/c1-6-19-15-21(36-29(38)17(2)3)9-12-23(19)26-24(25-27(31)33-16-34-28(25)37(26)5)20-7-10-22(11-8-20)39-30-32-14-13-18(4)35-30/h7-16H,2,6H2,1,3-5H3,(H,36,38)(H2,31,33,34). The number of carbonyl (C=O) groups is 1. The lowest BCUT2D eigenvalue weighted by Crippen LogP contribution is -2.12. The normalized spacial score (nSPS) is 11.0. The Morgan fingerprint density at radius 2 is 1.87 bits per heavy atom. The van der Waals surface area contributed by atoms with Crippen molar-refractivity contribution in [3.8, 4) is 34.1 Å². The van der Waals surface area contributed by atoms with Crippen molar-refractivity contribution in [1.82, 2.24) is 24.5 Å². The van der Waals surface area contributed by atoms with Gasteiger partial charge in [0, 0.05) is 41.3 Å². The molecule has 0 radical (unpaired) electrons. The number of ether oxygens (including phenoxy) is 1. The number of fused-ring (bicyclic) bond motifs is 1. The Morgan fingerprint density at radius 3 is 2.56 bits per heavy atom. The van der Waals surface area contributed by atoms with Crippen molar-refractivity contribution in [2.45, 2.75) is 27.2 Å². The van der Waals surface area contributed by atoms with Crippen LogP contribution >= 0.6 is 0 Å². The molecule has 0 spiro atoms. The highest BCUT2D eigenvalue weighted by Gasteiger charge is 2.23. The molecule has 0 saturated carbocycles. The van der Waals surface area contributed by atoms with Gasteiger partial charge < -0.3 is 20.4 Å². The Bertz CT molecular complexity index is 1720. The highest BCUT2D eigenvalue weighted by molar-refractivity contribution is 6.08. The number of nitrogens with two attached hydrogens (primary N) is 1. The first kappa shape index (κ1) is 25.6. The minimum Gasteiger partial charge on any atom is -0.424 e. The maximum absolute atomic E-state index is 12.2. The van der Waals surface area contributed by atoms with Crippen molar-refractivity contribution in [3.05, 3.63) is 84.5 Å². The Labute approximate surface area is 226 Å². The van der Waals surface area contributed by atoms with Crippen molar-refractivity contribution in [3.63, 3.8) is 0 Å². The van der Waals surface area contributed by atoms with E-state index in [-0.39, 0.29) is 11.9 Å². The molecule has 3 N–H and O–H groups in total. The Hall–Kier alpha value is -5.05. The van der Waals surface area contributed by atoms with E-state index < -0.39 is 0 Å². The Kier molecular flexibility index (Phi) is 6.81. The summed E-state index contributed by atoms with van der Waals surface area (Å²) in [4.78, 5) is 29.5. The number of aryl methyl sites for hydroxylation is 3. The summed E-state index contributed by atoms with van der Waals surface area (Å²) in [7, 11) is 1.97. The second-order valence-electron chi connectivity index (χ2n) is 9.31. The zero-order chi connectivity index (χ0) is 27.7. The number of hydrogen-bond donors (Lipinski definition) is 2. The molecule has 5 rings (SSSR count). The van der Waals surface area contributed by atoms with Gasteiger partial charge in [0.2, 0.25) is 0 Å². The van der Waals surface area contributed by atoms with E-state index in [4.69, 9.17) is 10.5 Å². The van der Waals surface area contributed by atoms with Crippen LogP contribution in [-0.4, -0.2) is 30.4 Å². The maximum atomic E-state index is 12.2. The summed E-state index contributed by atoms with van der Waals surface area (Å²) < 4.78 is 7.90. The fraction of sp³-hybridized carbons (Fsp3) is 0.167. The van der Waals surface area contributed by atoms with Crippen molar-refractivity contribution in [2.75, 3.05) is 11.1 Å². The summed E-state index contributed by atoms with van der Waals surface area (Å²) >= 11 is 0. The summed E-state index contributed by atoms with van der Waals surface area (Å²) in [5, 5.41) is 3.68. The van der Waals surface area contributed by atoms with Crippen molar-refractivity contribution < 1.29 is 9.53 Å². The number of nitrogen functional groups attached to an aromatic ring is 1. The SMILES string of the molecule is C=C(C)C(=O)Nc1ccc(-c2c(-c3ccc(Oc4nccc(C)n4)cc3)c3c(N)ncnc3n2C)c(CC)c1. The van der Waals surface area contributed by atoms with Crippen LogP contribution in [0.2, 0.25) is 0 Å². The third-order valence-corrected chi connectivity index (χ3v) is 6.51. The van der Waals surface area contributed by atoms with Gasteiger partial charge in [-0.25, -0.2) is 19.9 Å². The maximum Gasteiger partial charge on any atom is 0.322 e. The van der Waals surface area contributed by atoms with Crippen LogP contribution in [0, 0.1) is 6.92 Å². The molecule has 3 aromatic heterocycles. The zero-order valence-electron chi connectivity index (χ0n) is 22.3. The van der Waals surface area contributed by atoms with E-state index in [2.05, 4.69) is 38.8 Å². The van der Waals surface area contributed by atoms with Crippen LogP contribution in [0.1, 0.15) is 25.1 Å². The molecule has 5 aromatic rings. The first-order chi connectivity index (χ1) is 18.8. The lowest BCUT2D eigenvalue weighted by molar-refractivity contribution is -0.112. The molecule has 0 atom stereocenters. The van der Waals surface area contributed by atoms with Gasteiger partial charge in [0.15, 0.2) is 0 Å². The predicted molar refractivity (Wildman–Crippen MR) is 153 cm³/mol. The summed E-state index contributed by atoms with van der Waals surface area (Å²) in [6.07, 6.45) is 3.89. The molecule has 196 valence electrons. The monoisotopic (exact) mass is 519 g/mol. The van der Waals surface area contributed by atoms with E-state index in [0.717, 1.165) is 51.1 Å². The van der Waals surface area contributed by atoms with Gasteiger partial charge in [0.1, 0.15) is 23.5 Å². The van der Waals surface area contributed by atoms with Gasteiger partial charge in [-0.15, -0.1) is 0 Å². The third-order valence-electron chi connectivity index (χ3n) is 6.51. The summed E-state index contributed by atoms with van der Waals surface area (Å²) in [6.45, 7) is 9.38. The number of nitrogens with zero attached hydrogens (tertiary/aromatic N) is 5. The second-order valence-corrected chi connectivity index (χ2v) is 9.31. The van der Waals surface area contributed by atoms with Crippen molar-refractivity contribution in [2.24, 2.45) is 7.05 Å². The van der Waals surface area contributed by atoms with Gasteiger partial charge in [-0.2, -0.15) is 0 Å². The minimum absolute atomic E-state index is 0.212. The van der Waals surface area contributed by atoms with E-state index >= 15 is 0 Å². The molecule has 0 saturated heterocycles. The molecule has 9 nitrogen and oxygen atoms in total. The van der Waals surface area contributed by atoms with Gasteiger partial charge in [-0.3, -0.25) is 4.79 Å². The number of hydrogen-bond acceptors (Lipinski definition) is 7. The van der Waals surface area contributed by atoms with Gasteiger partial charge in [0.05, 0.1) is 11.1 Å². The highest BCUT2D eigenvalue weighted by atomic mass is 16.5. The number of benzene rings is 2. The molecule has 1 amide bonds. The molecule has 0 aliphatic rings. The van der Waals surface area contributed by atoms with Gasteiger partial charge in [-0.05, 0) is 61.7 Å². The van der Waals surface area contributed by atoms with Crippen LogP contribution in [0.3, 0.4) is 0 Å². The number of anilines is 2. The molecule has 0 bridgehead atoms. The number of rotatable bonds is 7. The molecule has 0 aliphatic carbocycles. The fourth-order valence-corrected chi connectivity index (χ4v) is 4.57. The fourth-order valence-electron chi connectivity index (χ4n) is 4.57. The summed E-state index contributed by atoms with van der Waals surface area (Å²) in [6, 6.07) is 15.7. The first-order valence-electron chi connectivity index (χ1n) is 12.5. The zero-order valence-corrected chi connectivity index (χ0v) is 22.3. The van der Waals surface area contributed by atoms with Crippen LogP contribution < -0.4 is 15.8 Å². The molecular formula is C30H29N7O2. The van der Waals surface area contributed by atoms with E-state index in [1.54, 1.807) is 13.1 Å². The Balaban J connectivity index is 1.64. The van der Waals surface area contributed by atoms with Crippen LogP contribution in [0.5, 0.6) is 11.8 Å². The minimum atomic E-state index is -0.212. The smallest absolute Gasteiger partial charge is 0.322 e. The lowest BCUT2D eigenvalue weighted by Gasteiger charge is -2.15. The molecule has 2 aromatic carbocycles. The average molecular weight is 520 g/mol. The van der Waals surface area contributed by atoms with Gasteiger partial charge in [0.25, 0.3) is 5.91 Å². The lowest BCUT2D eigenvalue weighted by atomic mass is 9.94. The number of carbonyl (C=O) groups excluding carboxylic acids is 1. The third kappa shape index (κ3) is 4.94. The number of nitrogens with one attached hydrogen (secondary N) is 1. The van der Waals surface area contributed by atoms with Crippen molar-refractivity contribution >= 4 is 28.4 Å². The second kappa shape index (κ2) is 10.4. The van der Waals surface area contributed by atoms with E-state index in [1.807, 2.05) is 67.1 Å². The molecule has 0 fully saturated rings. The summed E-state index contributed by atoms with van der Waals surface area (Å²) in [5.74, 6) is 0.799. The molecule has 0 aliphatic heterocycles. The first-order valence-corrected chi connectivity index (χ1v) is 12.5. The molecular weight excluding hydrogens is 490 g/mol. The van der Waals surface area contributed by atoms with Crippen molar-refractivity contribution in [1.29, 1.82) is 0 Å². The van der Waals surface area contributed by atoms with E-state index in [0.29, 0.717) is 22.8 Å².